The van der Waals surface area contributed by atoms with Crippen molar-refractivity contribution in [1.82, 2.24) is 10.2 Å². The fourth-order valence-electron chi connectivity index (χ4n) is 1.26. The maximum absolute atomic E-state index is 11.7. The Kier molecular flexibility index (Phi) is 2.82. The van der Waals surface area contributed by atoms with Crippen LogP contribution in [0.4, 0.5) is 11.4 Å². The number of H-pyrrole nitrogens is 1. The Hall–Kier alpha value is -2.70. The molecule has 0 atom stereocenters. The van der Waals surface area contributed by atoms with Crippen molar-refractivity contribution < 1.29 is 9.72 Å². The van der Waals surface area contributed by atoms with Crippen LogP contribution in [0.25, 0.3) is 0 Å². The molecule has 0 aliphatic rings. The molecule has 1 aromatic carbocycles. The van der Waals surface area contributed by atoms with Gasteiger partial charge in [0, 0.05) is 23.9 Å². The fourth-order valence-corrected chi connectivity index (χ4v) is 1.26. The van der Waals surface area contributed by atoms with E-state index in [2.05, 4.69) is 15.5 Å². The molecule has 0 radical (unpaired) electrons. The first-order valence-electron chi connectivity index (χ1n) is 4.71. The molecule has 17 heavy (non-hydrogen) atoms. The van der Waals surface area contributed by atoms with E-state index in [-0.39, 0.29) is 11.6 Å². The molecule has 0 spiro atoms. The van der Waals surface area contributed by atoms with E-state index in [4.69, 9.17) is 0 Å². The number of carbonyl (C=O) groups excluding carboxylic acids is 1. The minimum Gasteiger partial charge on any atom is -0.319 e. The average Bonchev–Trinajstić information content (AvgIpc) is 2.82. The maximum Gasteiger partial charge on any atom is 0.269 e. The maximum atomic E-state index is 11.7. The second kappa shape index (κ2) is 4.44. The third-order valence-electron chi connectivity index (χ3n) is 2.10. The van der Waals surface area contributed by atoms with Crippen LogP contribution in [0.1, 0.15) is 10.4 Å². The Morgan fingerprint density at radius 1 is 1.35 bits per heavy atom. The van der Waals surface area contributed by atoms with Crippen molar-refractivity contribution in [3.05, 3.63) is 52.3 Å². The van der Waals surface area contributed by atoms with Crippen LogP contribution in [-0.2, 0) is 0 Å². The molecule has 0 fully saturated rings. The van der Waals surface area contributed by atoms with E-state index in [1.165, 1.54) is 36.7 Å². The van der Waals surface area contributed by atoms with Crippen molar-refractivity contribution in [2.75, 3.05) is 5.32 Å². The van der Waals surface area contributed by atoms with Crippen LogP contribution < -0.4 is 5.32 Å². The lowest BCUT2D eigenvalue weighted by atomic mass is 10.2. The summed E-state index contributed by atoms with van der Waals surface area (Å²) in [4.78, 5) is 21.6. The number of nitrogens with zero attached hydrogens (tertiary/aromatic N) is 2. The Labute approximate surface area is 95.6 Å². The van der Waals surface area contributed by atoms with Crippen molar-refractivity contribution >= 4 is 17.3 Å². The number of hydrogen-bond donors (Lipinski definition) is 2. The van der Waals surface area contributed by atoms with Crippen molar-refractivity contribution in [2.45, 2.75) is 0 Å². The molecule has 1 heterocycles. The highest BCUT2D eigenvalue weighted by atomic mass is 16.6. The lowest BCUT2D eigenvalue weighted by Gasteiger charge is -2.01. The molecular weight excluding hydrogens is 224 g/mol. The third-order valence-corrected chi connectivity index (χ3v) is 2.10. The number of benzene rings is 1. The Morgan fingerprint density at radius 2 is 2.06 bits per heavy atom. The van der Waals surface area contributed by atoms with Gasteiger partial charge in [0.2, 0.25) is 0 Å². The Bertz CT molecular complexity index is 533. The first-order chi connectivity index (χ1) is 8.16. The number of rotatable bonds is 3. The number of aromatic amines is 1. The number of amides is 1. The van der Waals surface area contributed by atoms with Gasteiger partial charge in [-0.15, -0.1) is 0 Å². The van der Waals surface area contributed by atoms with Gasteiger partial charge in [-0.05, 0) is 12.1 Å². The van der Waals surface area contributed by atoms with E-state index in [1.807, 2.05) is 0 Å². The number of aromatic nitrogens is 2. The molecule has 2 aromatic rings. The molecule has 7 heteroatoms. The highest BCUT2D eigenvalue weighted by Crippen LogP contribution is 2.13. The summed E-state index contributed by atoms with van der Waals surface area (Å²) in [6.07, 6.45) is 2.99. The molecule has 0 saturated heterocycles. The summed E-state index contributed by atoms with van der Waals surface area (Å²) in [5.41, 5.74) is 0.829. The monoisotopic (exact) mass is 232 g/mol. The predicted molar refractivity (Wildman–Crippen MR) is 59.6 cm³/mol. The molecule has 0 aliphatic heterocycles. The second-order valence-electron chi connectivity index (χ2n) is 3.25. The summed E-state index contributed by atoms with van der Waals surface area (Å²) in [6.45, 7) is 0. The number of carbonyl (C=O) groups is 1. The minimum atomic E-state index is -0.516. The van der Waals surface area contributed by atoms with Crippen LogP contribution in [0.5, 0.6) is 0 Å². The summed E-state index contributed by atoms with van der Waals surface area (Å²) in [7, 11) is 0. The quantitative estimate of drug-likeness (QED) is 0.619. The van der Waals surface area contributed by atoms with E-state index in [1.54, 1.807) is 0 Å². The van der Waals surface area contributed by atoms with Crippen LogP contribution in [0.2, 0.25) is 0 Å². The van der Waals surface area contributed by atoms with Crippen molar-refractivity contribution in [3.8, 4) is 0 Å². The van der Waals surface area contributed by atoms with Gasteiger partial charge in [0.15, 0.2) is 0 Å². The van der Waals surface area contributed by atoms with Gasteiger partial charge in [-0.1, -0.05) is 0 Å². The Morgan fingerprint density at radius 3 is 2.59 bits per heavy atom. The second-order valence-corrected chi connectivity index (χ2v) is 3.25. The van der Waals surface area contributed by atoms with Crippen LogP contribution >= 0.6 is 0 Å². The van der Waals surface area contributed by atoms with E-state index >= 15 is 0 Å². The summed E-state index contributed by atoms with van der Waals surface area (Å²) in [6, 6.07) is 5.36. The molecule has 1 aromatic heterocycles. The molecule has 0 aliphatic carbocycles. The molecule has 0 bridgehead atoms. The summed E-state index contributed by atoms with van der Waals surface area (Å²) < 4.78 is 0. The molecule has 1 amide bonds. The van der Waals surface area contributed by atoms with Gasteiger partial charge in [-0.25, -0.2) is 0 Å². The normalized spacial score (nSPS) is 9.88. The van der Waals surface area contributed by atoms with E-state index in [9.17, 15) is 14.9 Å². The standard InChI is InChI=1S/C10H8N4O3/c15-10(13-8-5-11-12-6-8)7-1-3-9(4-2-7)14(16)17/h1-6H,(H,11,12)(H,13,15). The summed E-state index contributed by atoms with van der Waals surface area (Å²) in [5, 5.41) is 19.2. The van der Waals surface area contributed by atoms with Crippen LogP contribution in [0.3, 0.4) is 0 Å². The first-order valence-corrected chi connectivity index (χ1v) is 4.71. The smallest absolute Gasteiger partial charge is 0.269 e. The highest BCUT2D eigenvalue weighted by molar-refractivity contribution is 6.04. The van der Waals surface area contributed by atoms with Gasteiger partial charge in [-0.2, -0.15) is 5.10 Å². The molecule has 7 nitrogen and oxygen atoms in total. The van der Waals surface area contributed by atoms with E-state index < -0.39 is 4.92 Å². The number of non-ortho nitro benzene ring substituents is 1. The van der Waals surface area contributed by atoms with Gasteiger partial charge in [0.05, 0.1) is 16.8 Å². The lowest BCUT2D eigenvalue weighted by Crippen LogP contribution is -2.11. The largest absolute Gasteiger partial charge is 0.319 e. The number of hydrogen-bond acceptors (Lipinski definition) is 4. The SMILES string of the molecule is O=C(Nc1cn[nH]c1)c1ccc([N+](=O)[O-])cc1. The van der Waals surface area contributed by atoms with Crippen LogP contribution in [0, 0.1) is 10.1 Å². The molecule has 86 valence electrons. The average molecular weight is 232 g/mol. The van der Waals surface area contributed by atoms with E-state index in [0.717, 1.165) is 0 Å². The van der Waals surface area contributed by atoms with Gasteiger partial charge in [0.25, 0.3) is 11.6 Å². The molecule has 0 unspecified atom stereocenters. The van der Waals surface area contributed by atoms with Gasteiger partial charge < -0.3 is 5.32 Å². The first kappa shape index (κ1) is 10.8. The lowest BCUT2D eigenvalue weighted by molar-refractivity contribution is -0.384. The zero-order valence-electron chi connectivity index (χ0n) is 8.58. The number of nitro benzene ring substituents is 1. The molecule has 0 saturated carbocycles. The predicted octanol–water partition coefficient (Wildman–Crippen LogP) is 1.57. The zero-order valence-corrected chi connectivity index (χ0v) is 8.58. The van der Waals surface area contributed by atoms with Gasteiger partial charge in [0.1, 0.15) is 0 Å². The van der Waals surface area contributed by atoms with Crippen molar-refractivity contribution in [1.29, 1.82) is 0 Å². The fraction of sp³-hybridized carbons (Fsp3) is 0. The third kappa shape index (κ3) is 2.46. The number of nitrogens with one attached hydrogen (secondary N) is 2. The zero-order chi connectivity index (χ0) is 12.3. The Balaban J connectivity index is 2.12. The molecular formula is C10H8N4O3. The summed E-state index contributed by atoms with van der Waals surface area (Å²) in [5.74, 6) is -0.346. The van der Waals surface area contributed by atoms with E-state index in [0.29, 0.717) is 11.3 Å². The van der Waals surface area contributed by atoms with Crippen LogP contribution in [-0.4, -0.2) is 21.0 Å². The van der Waals surface area contributed by atoms with Crippen LogP contribution in [0.15, 0.2) is 36.7 Å². The van der Waals surface area contributed by atoms with Crippen molar-refractivity contribution in [3.63, 3.8) is 0 Å². The highest BCUT2D eigenvalue weighted by Gasteiger charge is 2.09. The van der Waals surface area contributed by atoms with Gasteiger partial charge >= 0.3 is 0 Å². The molecule has 2 N–H and O–H groups in total. The number of anilines is 1. The summed E-state index contributed by atoms with van der Waals surface area (Å²) >= 11 is 0. The van der Waals surface area contributed by atoms with Crippen molar-refractivity contribution in [2.24, 2.45) is 0 Å². The molecule has 2 rings (SSSR count). The topological polar surface area (TPSA) is 101 Å². The minimum absolute atomic E-state index is 0.0511. The van der Waals surface area contributed by atoms with Gasteiger partial charge in [-0.3, -0.25) is 20.0 Å². The number of nitro groups is 1.